The van der Waals surface area contributed by atoms with Gasteiger partial charge in [0.2, 0.25) is 0 Å². The molecule has 0 aliphatic rings. The number of rotatable bonds is 8. The minimum absolute atomic E-state index is 0.753. The average Bonchev–Trinajstić information content (AvgIpc) is 2.68. The largest absolute Gasteiger partial charge is 0.375 e. The van der Waals surface area contributed by atoms with Gasteiger partial charge in [0.1, 0.15) is 0 Å². The number of hydrogen-bond acceptors (Lipinski definition) is 3. The molecule has 0 aliphatic heterocycles. The van der Waals surface area contributed by atoms with Crippen molar-refractivity contribution in [3.63, 3.8) is 0 Å². The van der Waals surface area contributed by atoms with E-state index in [0.717, 1.165) is 32.2 Å². The molecule has 0 radical (unpaired) electrons. The highest BCUT2D eigenvalue weighted by molar-refractivity contribution is 7.09. The Bertz CT molecular complexity index is 234. The maximum Gasteiger partial charge on any atom is 0.0809 e. The molecule has 1 aromatic heterocycles. The van der Waals surface area contributed by atoms with E-state index in [1.165, 1.54) is 11.3 Å². The van der Waals surface area contributed by atoms with E-state index in [1.54, 1.807) is 11.3 Å². The minimum Gasteiger partial charge on any atom is -0.375 e. The van der Waals surface area contributed by atoms with Crippen molar-refractivity contribution in [3.8, 4) is 0 Å². The first kappa shape index (κ1) is 12.7. The first-order chi connectivity index (χ1) is 7.29. The smallest absolute Gasteiger partial charge is 0.0809 e. The molecule has 0 saturated carbocycles. The lowest BCUT2D eigenvalue weighted by Gasteiger charge is -2.07. The van der Waals surface area contributed by atoms with Crippen LogP contribution in [0.15, 0.2) is 17.5 Å². The van der Waals surface area contributed by atoms with E-state index in [4.69, 9.17) is 4.74 Å². The van der Waals surface area contributed by atoms with Gasteiger partial charge in [0.15, 0.2) is 0 Å². The minimum atomic E-state index is 0.753. The van der Waals surface area contributed by atoms with Crippen LogP contribution in [0, 0.1) is 5.92 Å². The summed E-state index contributed by atoms with van der Waals surface area (Å²) >= 11 is 1.75. The van der Waals surface area contributed by atoms with Crippen molar-refractivity contribution >= 4 is 11.3 Å². The fourth-order valence-corrected chi connectivity index (χ4v) is 1.87. The molecule has 0 atom stereocenters. The second-order valence-electron chi connectivity index (χ2n) is 4.06. The van der Waals surface area contributed by atoms with Gasteiger partial charge >= 0.3 is 0 Å². The van der Waals surface area contributed by atoms with E-state index in [9.17, 15) is 0 Å². The molecule has 86 valence electrons. The van der Waals surface area contributed by atoms with E-state index >= 15 is 0 Å². The molecule has 0 aromatic carbocycles. The Balaban J connectivity index is 1.85. The quantitative estimate of drug-likeness (QED) is 0.690. The molecule has 15 heavy (non-hydrogen) atoms. The summed E-state index contributed by atoms with van der Waals surface area (Å²) in [5.74, 6) is 0.782. The van der Waals surface area contributed by atoms with E-state index in [2.05, 4.69) is 36.7 Å². The fourth-order valence-electron chi connectivity index (χ4n) is 1.23. The first-order valence-electron chi connectivity index (χ1n) is 5.60. The molecule has 2 nitrogen and oxygen atoms in total. The molecule has 3 heteroatoms. The van der Waals surface area contributed by atoms with Gasteiger partial charge in [-0.05, 0) is 30.3 Å². The van der Waals surface area contributed by atoms with Crippen molar-refractivity contribution in [3.05, 3.63) is 22.4 Å². The lowest BCUT2D eigenvalue weighted by Crippen LogP contribution is -2.21. The Morgan fingerprint density at radius 1 is 1.40 bits per heavy atom. The molecule has 0 unspecified atom stereocenters. The zero-order valence-corrected chi connectivity index (χ0v) is 10.5. The van der Waals surface area contributed by atoms with E-state index < -0.39 is 0 Å². The molecule has 0 bridgehead atoms. The summed E-state index contributed by atoms with van der Waals surface area (Å²) in [6, 6.07) is 4.17. The Labute approximate surface area is 96.7 Å². The van der Waals surface area contributed by atoms with Gasteiger partial charge < -0.3 is 10.1 Å². The van der Waals surface area contributed by atoms with Crippen molar-refractivity contribution < 1.29 is 4.74 Å². The van der Waals surface area contributed by atoms with Gasteiger partial charge in [-0.25, -0.2) is 0 Å². The van der Waals surface area contributed by atoms with Crippen molar-refractivity contribution in [2.45, 2.75) is 26.9 Å². The number of hydrogen-bond donors (Lipinski definition) is 1. The molecule has 1 aromatic rings. The first-order valence-corrected chi connectivity index (χ1v) is 6.48. The molecule has 0 aliphatic carbocycles. The predicted molar refractivity (Wildman–Crippen MR) is 66.3 cm³/mol. The number of nitrogens with one attached hydrogen (secondary N) is 1. The van der Waals surface area contributed by atoms with Crippen LogP contribution in [0.4, 0.5) is 0 Å². The summed E-state index contributed by atoms with van der Waals surface area (Å²) < 4.78 is 5.53. The van der Waals surface area contributed by atoms with Crippen LogP contribution in [-0.4, -0.2) is 19.7 Å². The van der Waals surface area contributed by atoms with Crippen molar-refractivity contribution in [1.82, 2.24) is 5.32 Å². The summed E-state index contributed by atoms with van der Waals surface area (Å²) in [6.07, 6.45) is 1.24. The van der Waals surface area contributed by atoms with Crippen LogP contribution in [0.2, 0.25) is 0 Å². The van der Waals surface area contributed by atoms with Gasteiger partial charge in [0, 0.05) is 11.4 Å². The van der Waals surface area contributed by atoms with E-state index in [1.807, 2.05) is 0 Å². The Morgan fingerprint density at radius 3 is 2.93 bits per heavy atom. The van der Waals surface area contributed by atoms with Crippen molar-refractivity contribution in [1.29, 1.82) is 0 Å². The average molecular weight is 227 g/mol. The molecule has 1 rings (SSSR count). The monoisotopic (exact) mass is 227 g/mol. The van der Waals surface area contributed by atoms with Gasteiger partial charge in [0.05, 0.1) is 13.2 Å². The molecule has 1 heterocycles. The van der Waals surface area contributed by atoms with Crippen LogP contribution >= 0.6 is 11.3 Å². The maximum atomic E-state index is 5.53. The Hall–Kier alpha value is -0.380. The summed E-state index contributed by atoms with van der Waals surface area (Å²) in [7, 11) is 0. The van der Waals surface area contributed by atoms with Gasteiger partial charge in [-0.3, -0.25) is 0 Å². The van der Waals surface area contributed by atoms with E-state index in [-0.39, 0.29) is 0 Å². The Morgan fingerprint density at radius 2 is 2.27 bits per heavy atom. The maximum absolute atomic E-state index is 5.53. The number of thiophene rings is 1. The third-order valence-corrected chi connectivity index (χ3v) is 3.00. The highest BCUT2D eigenvalue weighted by atomic mass is 32.1. The molecular formula is C12H21NOS. The van der Waals surface area contributed by atoms with Crippen LogP contribution in [-0.2, 0) is 11.3 Å². The lowest BCUT2D eigenvalue weighted by molar-refractivity contribution is 0.124. The number of ether oxygens (including phenoxy) is 1. The molecule has 0 saturated heterocycles. The summed E-state index contributed by atoms with van der Waals surface area (Å²) in [5.41, 5.74) is 0. The van der Waals surface area contributed by atoms with Crippen LogP contribution < -0.4 is 5.32 Å². The topological polar surface area (TPSA) is 21.3 Å². The highest BCUT2D eigenvalue weighted by Crippen LogP contribution is 2.08. The predicted octanol–water partition coefficient (Wildman–Crippen LogP) is 2.90. The van der Waals surface area contributed by atoms with E-state index in [0.29, 0.717) is 0 Å². The fraction of sp³-hybridized carbons (Fsp3) is 0.667. The lowest BCUT2D eigenvalue weighted by atomic mass is 10.1. The van der Waals surface area contributed by atoms with Crippen molar-refractivity contribution in [2.24, 2.45) is 5.92 Å². The zero-order chi connectivity index (χ0) is 10.9. The Kier molecular flexibility index (Phi) is 6.64. The second-order valence-corrected chi connectivity index (χ2v) is 5.10. The molecule has 1 N–H and O–H groups in total. The zero-order valence-electron chi connectivity index (χ0n) is 9.66. The van der Waals surface area contributed by atoms with Crippen LogP contribution in [0.5, 0.6) is 0 Å². The van der Waals surface area contributed by atoms with Gasteiger partial charge in [0.25, 0.3) is 0 Å². The molecule has 0 amide bonds. The molecule has 0 spiro atoms. The second kappa shape index (κ2) is 7.85. The van der Waals surface area contributed by atoms with Gasteiger partial charge in [-0.2, -0.15) is 0 Å². The third kappa shape index (κ3) is 6.66. The standard InChI is InChI=1S/C12H21NOS/c1-11(2)5-6-13-7-8-14-10-12-4-3-9-15-12/h3-4,9,11,13H,5-8,10H2,1-2H3. The highest BCUT2D eigenvalue weighted by Gasteiger charge is 1.95. The van der Waals surface area contributed by atoms with Crippen LogP contribution in [0.1, 0.15) is 25.1 Å². The van der Waals surface area contributed by atoms with Crippen LogP contribution in [0.3, 0.4) is 0 Å². The molecular weight excluding hydrogens is 206 g/mol. The third-order valence-electron chi connectivity index (χ3n) is 2.15. The molecule has 0 fully saturated rings. The normalized spacial score (nSPS) is 11.1. The van der Waals surface area contributed by atoms with Gasteiger partial charge in [-0.1, -0.05) is 19.9 Å². The summed E-state index contributed by atoms with van der Waals surface area (Å²) in [6.45, 7) is 8.10. The summed E-state index contributed by atoms with van der Waals surface area (Å²) in [5, 5.41) is 5.46. The summed E-state index contributed by atoms with van der Waals surface area (Å²) in [4.78, 5) is 1.30. The van der Waals surface area contributed by atoms with Crippen LogP contribution in [0.25, 0.3) is 0 Å². The SMILES string of the molecule is CC(C)CCNCCOCc1cccs1. The van der Waals surface area contributed by atoms with Gasteiger partial charge in [-0.15, -0.1) is 11.3 Å². The van der Waals surface area contributed by atoms with Crippen molar-refractivity contribution in [2.75, 3.05) is 19.7 Å².